The summed E-state index contributed by atoms with van der Waals surface area (Å²) < 4.78 is 23.4. The Labute approximate surface area is 397 Å². The minimum absolute atomic E-state index is 0.0435. The zero-order valence-electron chi connectivity index (χ0n) is 43.8. The van der Waals surface area contributed by atoms with E-state index in [0.29, 0.717) is 19.3 Å². The minimum atomic E-state index is -1.23. The summed E-state index contributed by atoms with van der Waals surface area (Å²) in [6.45, 7) is 33.9. The highest BCUT2D eigenvalue weighted by Crippen LogP contribution is 2.42. The van der Waals surface area contributed by atoms with Crippen molar-refractivity contribution in [2.24, 2.45) is 5.41 Å². The first-order valence-corrected chi connectivity index (χ1v) is 23.7. The summed E-state index contributed by atoms with van der Waals surface area (Å²) in [7, 11) is 1.49. The third-order valence-corrected chi connectivity index (χ3v) is 12.1. The van der Waals surface area contributed by atoms with Crippen LogP contribution in [0.15, 0.2) is 36.4 Å². The highest BCUT2D eigenvalue weighted by molar-refractivity contribution is 5.71. The molecule has 0 amide bonds. The van der Waals surface area contributed by atoms with Crippen LogP contribution in [0.1, 0.15) is 193 Å². The molecule has 0 saturated carbocycles. The average Bonchev–Trinajstić information content (AvgIpc) is 3.17. The second-order valence-corrected chi connectivity index (χ2v) is 24.0. The van der Waals surface area contributed by atoms with Crippen molar-refractivity contribution in [2.45, 2.75) is 189 Å². The summed E-state index contributed by atoms with van der Waals surface area (Å²) in [5, 5.41) is 33.5. The van der Waals surface area contributed by atoms with E-state index in [1.54, 1.807) is 0 Å². The van der Waals surface area contributed by atoms with Crippen molar-refractivity contribution >= 4 is 17.9 Å². The number of esters is 3. The Morgan fingerprint density at radius 2 is 0.697 bits per heavy atom. The van der Waals surface area contributed by atoms with Gasteiger partial charge in [0.2, 0.25) is 0 Å². The third-order valence-electron chi connectivity index (χ3n) is 12.1. The molecule has 0 unspecified atom stereocenters. The van der Waals surface area contributed by atoms with E-state index >= 15 is 0 Å². The predicted octanol–water partition coefficient (Wildman–Crippen LogP) is 11.9. The summed E-state index contributed by atoms with van der Waals surface area (Å²) in [6, 6.07) is 11.7. The van der Waals surface area contributed by atoms with Crippen LogP contribution < -0.4 is 0 Å². The first-order valence-electron chi connectivity index (χ1n) is 23.7. The smallest absolute Gasteiger partial charge is 0.306 e. The number of phenols is 3. The quantitative estimate of drug-likeness (QED) is 0.0831. The summed E-state index contributed by atoms with van der Waals surface area (Å²) in [5.41, 5.74) is 4.65. The summed E-state index contributed by atoms with van der Waals surface area (Å²) in [5.74, 6) is -0.592. The lowest BCUT2D eigenvalue weighted by Crippen LogP contribution is -2.43. The van der Waals surface area contributed by atoms with E-state index in [2.05, 4.69) is 0 Å². The summed E-state index contributed by atoms with van der Waals surface area (Å²) in [4.78, 5) is 40.6. The molecule has 0 bridgehead atoms. The molecule has 0 atom stereocenters. The fourth-order valence-corrected chi connectivity index (χ4v) is 8.05. The molecule has 3 rings (SSSR count). The number of methoxy groups -OCH3 is 1. The highest BCUT2D eigenvalue weighted by atomic mass is 16.6. The van der Waals surface area contributed by atoms with Crippen LogP contribution in [0.5, 0.6) is 17.2 Å². The van der Waals surface area contributed by atoms with Gasteiger partial charge in [-0.2, -0.15) is 0 Å². The first kappa shape index (κ1) is 55.8. The number of hydrogen-bond acceptors (Lipinski definition) is 10. The van der Waals surface area contributed by atoms with Gasteiger partial charge in [0.15, 0.2) is 0 Å². The van der Waals surface area contributed by atoms with E-state index in [-0.39, 0.29) is 95.9 Å². The van der Waals surface area contributed by atoms with E-state index in [0.717, 1.165) is 50.1 Å². The van der Waals surface area contributed by atoms with Gasteiger partial charge in [0.25, 0.3) is 0 Å². The Morgan fingerprint density at radius 3 is 0.939 bits per heavy atom. The number of carbonyl (C=O) groups is 3. The van der Waals surface area contributed by atoms with Crippen molar-refractivity contribution < 1.29 is 48.7 Å². The van der Waals surface area contributed by atoms with Crippen molar-refractivity contribution in [3.63, 3.8) is 0 Å². The largest absolute Gasteiger partial charge is 0.507 e. The van der Waals surface area contributed by atoms with Crippen LogP contribution in [0.3, 0.4) is 0 Å². The van der Waals surface area contributed by atoms with E-state index in [1.165, 1.54) is 7.11 Å². The van der Waals surface area contributed by atoms with Crippen molar-refractivity contribution in [3.05, 3.63) is 86.5 Å². The molecule has 10 heteroatoms. The summed E-state index contributed by atoms with van der Waals surface area (Å²) >= 11 is 0. The molecule has 0 heterocycles. The molecule has 0 aliphatic carbocycles. The standard InChI is InChI=1S/C56H84O10/c1-35(2)39-25-36(26-40(48(39)60)51(3,4)5)19-22-45(57)64-32-56(31-63-18,33-65-46(58)23-20-37-27-41(52(6,7)8)49(61)42(28-37)53(9,10)11)34-66-47(59)24-21-38-29-43(54(12,13)14)50(62)44(30-38)55(15,16)17/h25-30,35,60-62H,19-24,31-34H2,1-18H3. The van der Waals surface area contributed by atoms with Crippen LogP contribution in [0.4, 0.5) is 0 Å². The van der Waals surface area contributed by atoms with Gasteiger partial charge in [-0.25, -0.2) is 0 Å². The Morgan fingerprint density at radius 1 is 0.439 bits per heavy atom. The Balaban J connectivity index is 1.87. The molecule has 3 aromatic rings. The topological polar surface area (TPSA) is 149 Å². The number of hydrogen-bond donors (Lipinski definition) is 3. The molecule has 3 N–H and O–H groups in total. The number of aromatic hydroxyl groups is 3. The van der Waals surface area contributed by atoms with Gasteiger partial charge in [0, 0.05) is 26.4 Å². The summed E-state index contributed by atoms with van der Waals surface area (Å²) in [6.07, 6.45) is 1.24. The number of carbonyl (C=O) groups excluding carboxylic acids is 3. The minimum Gasteiger partial charge on any atom is -0.507 e. The second-order valence-electron chi connectivity index (χ2n) is 24.0. The van der Waals surface area contributed by atoms with E-state index in [1.807, 2.05) is 154 Å². The number of ether oxygens (including phenoxy) is 4. The van der Waals surface area contributed by atoms with Crippen LogP contribution in [-0.4, -0.2) is 66.8 Å². The average molecular weight is 917 g/mol. The SMILES string of the molecule is COCC(COC(=O)CCc1cc(C(C)C)c(O)c(C(C)(C)C)c1)(COC(=O)CCc1cc(C(C)(C)C)c(O)c(C(C)(C)C)c1)COC(=O)CCc1cc(C(C)(C)C)c(O)c(C(C)(C)C)c1. The lowest BCUT2D eigenvalue weighted by molar-refractivity contribution is -0.166. The number of benzene rings is 3. The Bertz CT molecular complexity index is 1990. The molecule has 0 saturated heterocycles. The second kappa shape index (κ2) is 21.6. The molecule has 0 aliphatic heterocycles. The van der Waals surface area contributed by atoms with Gasteiger partial charge in [0.1, 0.15) is 37.1 Å². The molecule has 368 valence electrons. The number of aryl methyl sites for hydroxylation is 3. The molecule has 0 spiro atoms. The van der Waals surface area contributed by atoms with Crippen molar-refractivity contribution in [1.29, 1.82) is 0 Å². The van der Waals surface area contributed by atoms with E-state index in [9.17, 15) is 29.7 Å². The highest BCUT2D eigenvalue weighted by Gasteiger charge is 2.37. The molecular formula is C56H84O10. The van der Waals surface area contributed by atoms with Gasteiger partial charge in [-0.3, -0.25) is 14.4 Å². The molecule has 3 aromatic carbocycles. The maximum absolute atomic E-state index is 13.5. The predicted molar refractivity (Wildman–Crippen MR) is 264 cm³/mol. The molecule has 0 radical (unpaired) electrons. The lowest BCUT2D eigenvalue weighted by atomic mass is 9.78. The van der Waals surface area contributed by atoms with Crippen molar-refractivity contribution in [3.8, 4) is 17.2 Å². The zero-order chi connectivity index (χ0) is 50.4. The molecule has 0 fully saturated rings. The van der Waals surface area contributed by atoms with Crippen LogP contribution in [0, 0.1) is 5.41 Å². The normalized spacial score (nSPS) is 13.0. The molecular weight excluding hydrogens is 833 g/mol. The maximum atomic E-state index is 13.5. The Hall–Kier alpha value is -4.57. The van der Waals surface area contributed by atoms with Crippen LogP contribution in [0.25, 0.3) is 0 Å². The van der Waals surface area contributed by atoms with Gasteiger partial charge in [-0.15, -0.1) is 0 Å². The van der Waals surface area contributed by atoms with Gasteiger partial charge >= 0.3 is 17.9 Å². The van der Waals surface area contributed by atoms with Gasteiger partial charge in [-0.1, -0.05) is 154 Å². The van der Waals surface area contributed by atoms with Gasteiger partial charge in [0.05, 0.1) is 12.0 Å². The van der Waals surface area contributed by atoms with Crippen LogP contribution >= 0.6 is 0 Å². The monoisotopic (exact) mass is 917 g/mol. The van der Waals surface area contributed by atoms with E-state index < -0.39 is 23.3 Å². The van der Waals surface area contributed by atoms with Gasteiger partial charge < -0.3 is 34.3 Å². The Kier molecular flexibility index (Phi) is 18.2. The molecule has 66 heavy (non-hydrogen) atoms. The number of phenolic OH excluding ortho intramolecular Hbond substituents is 3. The van der Waals surface area contributed by atoms with Crippen molar-refractivity contribution in [2.75, 3.05) is 33.5 Å². The number of rotatable bonds is 18. The molecule has 0 aromatic heterocycles. The van der Waals surface area contributed by atoms with Crippen LogP contribution in [-0.2, 0) is 79.7 Å². The molecule has 10 nitrogen and oxygen atoms in total. The lowest BCUT2D eigenvalue weighted by Gasteiger charge is -2.31. The van der Waals surface area contributed by atoms with E-state index in [4.69, 9.17) is 18.9 Å². The molecule has 0 aliphatic rings. The van der Waals surface area contributed by atoms with Crippen molar-refractivity contribution in [1.82, 2.24) is 0 Å². The third kappa shape index (κ3) is 15.5. The van der Waals surface area contributed by atoms with Crippen LogP contribution in [0.2, 0.25) is 0 Å². The fraction of sp³-hybridized carbons (Fsp3) is 0.625. The maximum Gasteiger partial charge on any atom is 0.306 e. The van der Waals surface area contributed by atoms with Gasteiger partial charge in [-0.05, 0) is 102 Å². The first-order chi connectivity index (χ1) is 30.1. The zero-order valence-corrected chi connectivity index (χ0v) is 43.8. The fourth-order valence-electron chi connectivity index (χ4n) is 8.05.